The van der Waals surface area contributed by atoms with Gasteiger partial charge < -0.3 is 20.1 Å². The third kappa shape index (κ3) is 7.30. The summed E-state index contributed by atoms with van der Waals surface area (Å²) in [5, 5.41) is 6.66. The van der Waals surface area contributed by atoms with Crippen LogP contribution in [0, 0.1) is 0 Å². The molecule has 1 saturated carbocycles. The second kappa shape index (κ2) is 12.2. The summed E-state index contributed by atoms with van der Waals surface area (Å²) < 4.78 is 11.6. The number of halogens is 1. The Kier molecular flexibility index (Phi) is 10.7. The molecule has 142 valence electrons. The molecule has 25 heavy (non-hydrogen) atoms. The first kappa shape index (κ1) is 21.9. The van der Waals surface area contributed by atoms with E-state index in [0.29, 0.717) is 12.6 Å². The van der Waals surface area contributed by atoms with Crippen molar-refractivity contribution in [2.24, 2.45) is 4.99 Å². The topological polar surface area (TPSA) is 54.9 Å². The first-order chi connectivity index (χ1) is 11.8. The van der Waals surface area contributed by atoms with Crippen molar-refractivity contribution in [1.29, 1.82) is 0 Å². The monoisotopic (exact) mass is 461 g/mol. The molecule has 0 amide bonds. The minimum atomic E-state index is 0. The lowest BCUT2D eigenvalue weighted by atomic mass is 10.2. The van der Waals surface area contributed by atoms with E-state index in [0.717, 1.165) is 48.8 Å². The van der Waals surface area contributed by atoms with Crippen LogP contribution in [0.1, 0.15) is 51.0 Å². The number of unbranched alkanes of at least 4 members (excludes halogenated alkanes) is 1. The molecule has 1 aliphatic carbocycles. The maximum atomic E-state index is 6.15. The van der Waals surface area contributed by atoms with E-state index in [1.807, 2.05) is 6.07 Å². The molecule has 0 aromatic heterocycles. The molecule has 0 radical (unpaired) electrons. The van der Waals surface area contributed by atoms with Gasteiger partial charge in [-0.05, 0) is 49.8 Å². The predicted octanol–water partition coefficient (Wildman–Crippen LogP) is 4.10. The average molecular weight is 461 g/mol. The molecule has 0 bridgehead atoms. The SMILES string of the molecule is CCCCNC(=NC)NCc1ccc(OC)c(OC2CCCC2)c1.I. The molecule has 0 saturated heterocycles. The number of ether oxygens (including phenoxy) is 2. The maximum absolute atomic E-state index is 6.15. The van der Waals surface area contributed by atoms with Crippen molar-refractivity contribution in [2.45, 2.75) is 58.1 Å². The molecule has 1 aromatic rings. The van der Waals surface area contributed by atoms with Crippen LogP contribution in [0.2, 0.25) is 0 Å². The van der Waals surface area contributed by atoms with Gasteiger partial charge in [0.1, 0.15) is 0 Å². The Balaban J connectivity index is 0.00000312. The van der Waals surface area contributed by atoms with Crippen molar-refractivity contribution >= 4 is 29.9 Å². The Morgan fingerprint density at radius 3 is 2.60 bits per heavy atom. The van der Waals surface area contributed by atoms with Gasteiger partial charge >= 0.3 is 0 Å². The van der Waals surface area contributed by atoms with E-state index in [9.17, 15) is 0 Å². The fourth-order valence-electron chi connectivity index (χ4n) is 2.90. The molecule has 1 aliphatic rings. The Labute approximate surface area is 169 Å². The van der Waals surface area contributed by atoms with Crippen LogP contribution in [0.25, 0.3) is 0 Å². The average Bonchev–Trinajstić information content (AvgIpc) is 3.11. The van der Waals surface area contributed by atoms with Crippen molar-refractivity contribution < 1.29 is 9.47 Å². The van der Waals surface area contributed by atoms with Crippen molar-refractivity contribution in [3.05, 3.63) is 23.8 Å². The van der Waals surface area contributed by atoms with Crippen molar-refractivity contribution in [3.8, 4) is 11.5 Å². The number of rotatable bonds is 8. The van der Waals surface area contributed by atoms with Crippen LogP contribution in [0.3, 0.4) is 0 Å². The molecule has 1 fully saturated rings. The van der Waals surface area contributed by atoms with Crippen LogP contribution in [0.4, 0.5) is 0 Å². The normalized spacial score (nSPS) is 14.8. The highest BCUT2D eigenvalue weighted by molar-refractivity contribution is 14.0. The quantitative estimate of drug-likeness (QED) is 0.265. The Bertz CT molecular complexity index is 531. The summed E-state index contributed by atoms with van der Waals surface area (Å²) >= 11 is 0. The summed E-state index contributed by atoms with van der Waals surface area (Å²) in [5.41, 5.74) is 1.15. The van der Waals surface area contributed by atoms with Crippen LogP contribution in [-0.2, 0) is 6.54 Å². The van der Waals surface area contributed by atoms with Gasteiger partial charge in [-0.1, -0.05) is 19.4 Å². The molecule has 2 rings (SSSR count). The molecule has 1 aromatic carbocycles. The van der Waals surface area contributed by atoms with E-state index in [1.165, 1.54) is 19.3 Å². The number of guanidine groups is 1. The van der Waals surface area contributed by atoms with E-state index >= 15 is 0 Å². The van der Waals surface area contributed by atoms with Crippen LogP contribution >= 0.6 is 24.0 Å². The predicted molar refractivity (Wildman–Crippen MR) is 114 cm³/mol. The summed E-state index contributed by atoms with van der Waals surface area (Å²) in [5.74, 6) is 2.48. The lowest BCUT2D eigenvalue weighted by molar-refractivity contribution is 0.200. The number of aliphatic imine (C=N–C) groups is 1. The Hall–Kier alpha value is -1.18. The zero-order valence-electron chi connectivity index (χ0n) is 15.6. The largest absolute Gasteiger partial charge is 0.493 e. The van der Waals surface area contributed by atoms with E-state index < -0.39 is 0 Å². The fourth-order valence-corrected chi connectivity index (χ4v) is 2.90. The number of nitrogens with zero attached hydrogens (tertiary/aromatic N) is 1. The molecular formula is C19H32IN3O2. The van der Waals surface area contributed by atoms with Crippen LogP contribution in [-0.4, -0.2) is 32.8 Å². The van der Waals surface area contributed by atoms with Gasteiger partial charge in [0.25, 0.3) is 0 Å². The minimum absolute atomic E-state index is 0. The molecule has 0 heterocycles. The summed E-state index contributed by atoms with van der Waals surface area (Å²) in [6.07, 6.45) is 7.43. The van der Waals surface area contributed by atoms with E-state index in [2.05, 4.69) is 34.7 Å². The van der Waals surface area contributed by atoms with Crippen molar-refractivity contribution in [2.75, 3.05) is 20.7 Å². The third-order valence-corrected chi connectivity index (χ3v) is 4.33. The van der Waals surface area contributed by atoms with Gasteiger partial charge in [0.15, 0.2) is 17.5 Å². The van der Waals surface area contributed by atoms with Crippen molar-refractivity contribution in [1.82, 2.24) is 10.6 Å². The molecule has 5 nitrogen and oxygen atoms in total. The number of hydrogen-bond acceptors (Lipinski definition) is 3. The summed E-state index contributed by atoms with van der Waals surface area (Å²) in [6.45, 7) is 3.83. The highest BCUT2D eigenvalue weighted by Crippen LogP contribution is 2.32. The minimum Gasteiger partial charge on any atom is -0.493 e. The lowest BCUT2D eigenvalue weighted by Gasteiger charge is -2.17. The van der Waals surface area contributed by atoms with E-state index in [-0.39, 0.29) is 24.0 Å². The van der Waals surface area contributed by atoms with Crippen LogP contribution < -0.4 is 20.1 Å². The van der Waals surface area contributed by atoms with E-state index in [1.54, 1.807) is 14.2 Å². The molecule has 6 heteroatoms. The third-order valence-electron chi connectivity index (χ3n) is 4.33. The number of methoxy groups -OCH3 is 1. The van der Waals surface area contributed by atoms with Gasteiger partial charge in [-0.15, -0.1) is 24.0 Å². The van der Waals surface area contributed by atoms with Gasteiger partial charge in [0.2, 0.25) is 0 Å². The fraction of sp³-hybridized carbons (Fsp3) is 0.632. The van der Waals surface area contributed by atoms with Crippen molar-refractivity contribution in [3.63, 3.8) is 0 Å². The van der Waals surface area contributed by atoms with Gasteiger partial charge in [-0.2, -0.15) is 0 Å². The highest BCUT2D eigenvalue weighted by Gasteiger charge is 2.18. The smallest absolute Gasteiger partial charge is 0.191 e. The summed E-state index contributed by atoms with van der Waals surface area (Å²) in [6, 6.07) is 6.12. The number of hydrogen-bond donors (Lipinski definition) is 2. The maximum Gasteiger partial charge on any atom is 0.191 e. The van der Waals surface area contributed by atoms with Gasteiger partial charge in [0, 0.05) is 20.1 Å². The Morgan fingerprint density at radius 1 is 1.20 bits per heavy atom. The van der Waals surface area contributed by atoms with Gasteiger partial charge in [0.05, 0.1) is 13.2 Å². The standard InChI is InChI=1S/C19H31N3O2.HI/c1-4-5-12-21-19(20-2)22-14-15-10-11-17(23-3)18(13-15)24-16-8-6-7-9-16;/h10-11,13,16H,4-9,12,14H2,1-3H3,(H2,20,21,22);1H. The highest BCUT2D eigenvalue weighted by atomic mass is 127. The Morgan fingerprint density at radius 2 is 1.96 bits per heavy atom. The van der Waals surface area contributed by atoms with E-state index in [4.69, 9.17) is 9.47 Å². The zero-order chi connectivity index (χ0) is 17.2. The second-order valence-corrected chi connectivity index (χ2v) is 6.22. The lowest BCUT2D eigenvalue weighted by Crippen LogP contribution is -2.37. The zero-order valence-corrected chi connectivity index (χ0v) is 18.0. The number of nitrogens with one attached hydrogen (secondary N) is 2. The molecule has 2 N–H and O–H groups in total. The second-order valence-electron chi connectivity index (χ2n) is 6.22. The van der Waals surface area contributed by atoms with Gasteiger partial charge in [-0.25, -0.2) is 0 Å². The number of benzene rings is 1. The molecule has 0 aliphatic heterocycles. The molecular weight excluding hydrogens is 429 g/mol. The summed E-state index contributed by atoms with van der Waals surface area (Å²) in [7, 11) is 3.48. The first-order valence-electron chi connectivity index (χ1n) is 9.05. The molecule has 0 unspecified atom stereocenters. The molecule has 0 spiro atoms. The van der Waals surface area contributed by atoms with Crippen LogP contribution in [0.5, 0.6) is 11.5 Å². The summed E-state index contributed by atoms with van der Waals surface area (Å²) in [4.78, 5) is 4.25. The van der Waals surface area contributed by atoms with Crippen LogP contribution in [0.15, 0.2) is 23.2 Å². The first-order valence-corrected chi connectivity index (χ1v) is 9.05. The molecule has 0 atom stereocenters. The van der Waals surface area contributed by atoms with Gasteiger partial charge in [-0.3, -0.25) is 4.99 Å².